The predicted octanol–water partition coefficient (Wildman–Crippen LogP) is 2.53. The fourth-order valence-electron chi connectivity index (χ4n) is 3.12. The summed E-state index contributed by atoms with van der Waals surface area (Å²) in [4.78, 5) is 19.0. The number of aryl methyl sites for hydroxylation is 1. The van der Waals surface area contributed by atoms with Crippen molar-refractivity contribution in [1.29, 1.82) is 0 Å². The van der Waals surface area contributed by atoms with E-state index in [9.17, 15) is 4.79 Å². The molecule has 0 unspecified atom stereocenters. The molecule has 0 bridgehead atoms. The van der Waals surface area contributed by atoms with E-state index in [0.29, 0.717) is 11.7 Å². The number of aromatic nitrogens is 1. The van der Waals surface area contributed by atoms with Gasteiger partial charge >= 0.3 is 0 Å². The van der Waals surface area contributed by atoms with Crippen molar-refractivity contribution in [3.8, 4) is 11.5 Å². The lowest BCUT2D eigenvalue weighted by molar-refractivity contribution is -0.133. The number of nitrogens with zero attached hydrogens (tertiary/aromatic N) is 2. The molecular formula is C18H23N3O2. The molecule has 1 fully saturated rings. The van der Waals surface area contributed by atoms with E-state index < -0.39 is 0 Å². The summed E-state index contributed by atoms with van der Waals surface area (Å²) in [7, 11) is 0. The Balaban J connectivity index is 1.73. The average molecular weight is 313 g/mol. The molecule has 0 aliphatic carbocycles. The maximum Gasteiger partial charge on any atom is 0.228 e. The van der Waals surface area contributed by atoms with Gasteiger partial charge in [-0.25, -0.2) is 4.98 Å². The molecule has 2 heterocycles. The highest BCUT2D eigenvalue weighted by Gasteiger charge is 2.28. The number of oxazole rings is 1. The van der Waals surface area contributed by atoms with Crippen LogP contribution in [0.1, 0.15) is 31.2 Å². The first-order valence-corrected chi connectivity index (χ1v) is 8.11. The highest BCUT2D eigenvalue weighted by Crippen LogP contribution is 2.23. The van der Waals surface area contributed by atoms with Crippen LogP contribution in [0.4, 0.5) is 0 Å². The Hall–Kier alpha value is -2.14. The van der Waals surface area contributed by atoms with Crippen LogP contribution in [0.3, 0.4) is 0 Å². The molecule has 0 saturated carbocycles. The Labute approximate surface area is 136 Å². The van der Waals surface area contributed by atoms with Gasteiger partial charge in [-0.2, -0.15) is 0 Å². The summed E-state index contributed by atoms with van der Waals surface area (Å²) in [5.74, 6) is 1.37. The van der Waals surface area contributed by atoms with Crippen LogP contribution in [0.2, 0.25) is 0 Å². The number of amides is 1. The quantitative estimate of drug-likeness (QED) is 0.945. The largest absolute Gasteiger partial charge is 0.441 e. The maximum atomic E-state index is 12.6. The van der Waals surface area contributed by atoms with Crippen molar-refractivity contribution in [2.75, 3.05) is 6.54 Å². The topological polar surface area (TPSA) is 72.4 Å². The van der Waals surface area contributed by atoms with Crippen molar-refractivity contribution >= 4 is 5.91 Å². The SMILES string of the molecule is Cc1oc(-c2ccccc2)nc1CC(=O)N1CC[C@@H](N)C[C@H]1C. The fourth-order valence-corrected chi connectivity index (χ4v) is 3.12. The molecular weight excluding hydrogens is 290 g/mol. The highest BCUT2D eigenvalue weighted by atomic mass is 16.4. The van der Waals surface area contributed by atoms with Crippen molar-refractivity contribution in [3.63, 3.8) is 0 Å². The molecule has 3 rings (SSSR count). The first kappa shape index (κ1) is 15.7. The zero-order valence-corrected chi connectivity index (χ0v) is 13.7. The zero-order valence-electron chi connectivity index (χ0n) is 13.7. The smallest absolute Gasteiger partial charge is 0.228 e. The molecule has 1 amide bonds. The summed E-state index contributed by atoms with van der Waals surface area (Å²) in [6.45, 7) is 4.64. The van der Waals surface area contributed by atoms with Crippen molar-refractivity contribution in [2.24, 2.45) is 5.73 Å². The summed E-state index contributed by atoms with van der Waals surface area (Å²) in [5.41, 5.74) is 7.61. The Morgan fingerprint density at radius 1 is 1.39 bits per heavy atom. The molecule has 23 heavy (non-hydrogen) atoms. The zero-order chi connectivity index (χ0) is 16.4. The minimum atomic E-state index is 0.0976. The molecule has 122 valence electrons. The van der Waals surface area contributed by atoms with Crippen LogP contribution < -0.4 is 5.73 Å². The molecule has 2 aromatic rings. The van der Waals surface area contributed by atoms with Crippen LogP contribution in [0.25, 0.3) is 11.5 Å². The van der Waals surface area contributed by atoms with Gasteiger partial charge in [0.1, 0.15) is 5.76 Å². The highest BCUT2D eigenvalue weighted by molar-refractivity contribution is 5.79. The van der Waals surface area contributed by atoms with Gasteiger partial charge < -0.3 is 15.1 Å². The molecule has 0 radical (unpaired) electrons. The number of benzene rings is 1. The molecule has 1 saturated heterocycles. The summed E-state index contributed by atoms with van der Waals surface area (Å²) in [5, 5.41) is 0. The number of hydrogen-bond acceptors (Lipinski definition) is 4. The van der Waals surface area contributed by atoms with E-state index in [1.807, 2.05) is 42.2 Å². The second kappa shape index (κ2) is 6.54. The summed E-state index contributed by atoms with van der Waals surface area (Å²) >= 11 is 0. The van der Waals surface area contributed by atoms with Crippen LogP contribution in [0.15, 0.2) is 34.7 Å². The number of hydrogen-bond donors (Lipinski definition) is 1. The van der Waals surface area contributed by atoms with Crippen molar-refractivity contribution in [3.05, 3.63) is 41.8 Å². The van der Waals surface area contributed by atoms with E-state index >= 15 is 0 Å². The van der Waals surface area contributed by atoms with Crippen molar-refractivity contribution in [2.45, 2.75) is 45.2 Å². The van der Waals surface area contributed by atoms with Crippen LogP contribution >= 0.6 is 0 Å². The molecule has 0 spiro atoms. The van der Waals surface area contributed by atoms with Crippen LogP contribution in [-0.2, 0) is 11.2 Å². The number of carbonyl (C=O) groups excluding carboxylic acids is 1. The third-order valence-corrected chi connectivity index (χ3v) is 4.47. The first-order valence-electron chi connectivity index (χ1n) is 8.11. The summed E-state index contributed by atoms with van der Waals surface area (Å²) in [6.07, 6.45) is 2.00. The number of likely N-dealkylation sites (tertiary alicyclic amines) is 1. The summed E-state index contributed by atoms with van der Waals surface area (Å²) < 4.78 is 5.73. The van der Waals surface area contributed by atoms with E-state index in [1.54, 1.807) is 0 Å². The molecule has 1 aliphatic rings. The van der Waals surface area contributed by atoms with Gasteiger partial charge in [-0.3, -0.25) is 4.79 Å². The van der Waals surface area contributed by atoms with E-state index in [1.165, 1.54) is 0 Å². The van der Waals surface area contributed by atoms with Gasteiger partial charge in [-0.05, 0) is 38.8 Å². The minimum absolute atomic E-state index is 0.0976. The summed E-state index contributed by atoms with van der Waals surface area (Å²) in [6, 6.07) is 10.1. The lowest BCUT2D eigenvalue weighted by atomic mass is 9.98. The van der Waals surface area contributed by atoms with Crippen LogP contribution in [0.5, 0.6) is 0 Å². The van der Waals surface area contributed by atoms with E-state index in [2.05, 4.69) is 11.9 Å². The predicted molar refractivity (Wildman–Crippen MR) is 88.8 cm³/mol. The number of nitrogens with two attached hydrogens (primary N) is 1. The first-order chi connectivity index (χ1) is 11.0. The monoisotopic (exact) mass is 313 g/mol. The normalized spacial score (nSPS) is 21.4. The third-order valence-electron chi connectivity index (χ3n) is 4.47. The molecule has 2 N–H and O–H groups in total. The van der Waals surface area contributed by atoms with Crippen LogP contribution in [0, 0.1) is 6.92 Å². The number of rotatable bonds is 3. The van der Waals surface area contributed by atoms with Gasteiger partial charge in [0.2, 0.25) is 11.8 Å². The van der Waals surface area contributed by atoms with E-state index in [4.69, 9.17) is 10.2 Å². The third kappa shape index (κ3) is 3.45. The molecule has 1 aromatic carbocycles. The minimum Gasteiger partial charge on any atom is -0.441 e. The average Bonchev–Trinajstić information content (AvgIpc) is 2.89. The van der Waals surface area contributed by atoms with Crippen LogP contribution in [-0.4, -0.2) is 34.4 Å². The van der Waals surface area contributed by atoms with Gasteiger partial charge in [0.15, 0.2) is 0 Å². The van der Waals surface area contributed by atoms with Gasteiger partial charge in [-0.1, -0.05) is 18.2 Å². The van der Waals surface area contributed by atoms with Crippen molar-refractivity contribution < 1.29 is 9.21 Å². The van der Waals surface area contributed by atoms with Gasteiger partial charge in [0.25, 0.3) is 0 Å². The molecule has 2 atom stereocenters. The lowest BCUT2D eigenvalue weighted by Crippen LogP contribution is -2.48. The number of carbonyl (C=O) groups is 1. The lowest BCUT2D eigenvalue weighted by Gasteiger charge is -2.36. The van der Waals surface area contributed by atoms with Gasteiger partial charge in [0.05, 0.1) is 12.1 Å². The Bertz CT molecular complexity index is 681. The standard InChI is InChI=1S/C18H23N3O2/c1-12-10-15(19)8-9-21(12)17(22)11-16-13(2)23-18(20-16)14-6-4-3-5-7-14/h3-7,12,15H,8-11,19H2,1-2H3/t12-,15-/m1/s1. The molecule has 5 nitrogen and oxygen atoms in total. The Kier molecular flexibility index (Phi) is 4.48. The second-order valence-corrected chi connectivity index (χ2v) is 6.29. The Morgan fingerprint density at radius 2 is 2.13 bits per heavy atom. The molecule has 5 heteroatoms. The second-order valence-electron chi connectivity index (χ2n) is 6.29. The fraction of sp³-hybridized carbons (Fsp3) is 0.444. The Morgan fingerprint density at radius 3 is 2.83 bits per heavy atom. The van der Waals surface area contributed by atoms with Gasteiger partial charge in [0, 0.05) is 24.2 Å². The van der Waals surface area contributed by atoms with E-state index in [0.717, 1.165) is 30.6 Å². The van der Waals surface area contributed by atoms with Crippen molar-refractivity contribution in [1.82, 2.24) is 9.88 Å². The van der Waals surface area contributed by atoms with E-state index in [-0.39, 0.29) is 24.4 Å². The maximum absolute atomic E-state index is 12.6. The van der Waals surface area contributed by atoms with Gasteiger partial charge in [-0.15, -0.1) is 0 Å². The number of piperidine rings is 1. The molecule has 1 aromatic heterocycles. The molecule has 1 aliphatic heterocycles.